The van der Waals surface area contributed by atoms with Crippen LogP contribution in [0, 0.1) is 0 Å². The van der Waals surface area contributed by atoms with Crippen LogP contribution in [0.4, 0.5) is 28.4 Å². The third-order valence-electron chi connectivity index (χ3n) is 5.33. The molecule has 0 saturated heterocycles. The summed E-state index contributed by atoms with van der Waals surface area (Å²) >= 11 is 0.863. The first-order chi connectivity index (χ1) is 20.4. The van der Waals surface area contributed by atoms with Crippen LogP contribution < -0.4 is 5.73 Å². The molecule has 0 unspecified atom stereocenters. The quantitative estimate of drug-likeness (QED) is 0.0123. The number of azo groups is 2. The van der Waals surface area contributed by atoms with Crippen molar-refractivity contribution in [3.63, 3.8) is 0 Å². The molecule has 0 aromatic heterocycles. The van der Waals surface area contributed by atoms with Gasteiger partial charge in [-0.15, -0.1) is 29.1 Å². The molecule has 9 N–H and O–H groups in total. The van der Waals surface area contributed by atoms with E-state index in [0.717, 1.165) is 24.3 Å². The molecule has 248 valence electrons. The van der Waals surface area contributed by atoms with Crippen LogP contribution in [0.3, 0.4) is 0 Å². The largest absolute Gasteiger partial charge is 0.506 e. The first-order valence-electron chi connectivity index (χ1n) is 11.0. The van der Waals surface area contributed by atoms with Crippen LogP contribution in [0.5, 0.6) is 23.0 Å². The van der Waals surface area contributed by atoms with E-state index >= 15 is 0 Å². The molecule has 4 rings (SSSR count). The molecule has 45 heavy (non-hydrogen) atoms. The van der Waals surface area contributed by atoms with Crippen molar-refractivity contribution in [2.75, 3.05) is 5.73 Å². The molecule has 0 aliphatic carbocycles. The van der Waals surface area contributed by atoms with Gasteiger partial charge in [0.2, 0.25) is 0 Å². The minimum absolute atomic E-state index is 0. The molecular weight excluding hydrogens is 766 g/mol. The summed E-state index contributed by atoms with van der Waals surface area (Å²) in [4.78, 5) is -0.551. The number of anilines is 1. The van der Waals surface area contributed by atoms with Gasteiger partial charge in [-0.05, 0) is 36.4 Å². The Morgan fingerprint density at radius 1 is 0.689 bits per heavy atom. The Hall–Kier alpha value is -3.25. The predicted octanol–water partition coefficient (Wildman–Crippen LogP) is 6.17. The molecule has 0 heterocycles. The summed E-state index contributed by atoms with van der Waals surface area (Å²) in [7, 11) is -4.86. The van der Waals surface area contributed by atoms with Gasteiger partial charge in [0.15, 0.2) is 5.75 Å². The fourth-order valence-corrected chi connectivity index (χ4v) is 5.22. The number of benzene rings is 4. The molecule has 0 aliphatic heterocycles. The zero-order chi connectivity index (χ0) is 31.3. The number of nitrogens with zero attached hydrogens (tertiary/aromatic N) is 4. The van der Waals surface area contributed by atoms with E-state index in [2.05, 4.69) is 39.2 Å². The fourth-order valence-electron chi connectivity index (χ4n) is 3.53. The van der Waals surface area contributed by atoms with Crippen molar-refractivity contribution in [2.45, 2.75) is 14.7 Å². The van der Waals surface area contributed by atoms with Crippen molar-refractivity contribution < 1.29 is 96.8 Å². The van der Waals surface area contributed by atoms with Gasteiger partial charge >= 0.3 is 0 Å². The molecule has 0 fully saturated rings. The van der Waals surface area contributed by atoms with Gasteiger partial charge in [0.25, 0.3) is 10.1 Å². The maximum atomic E-state index is 11.9. The Morgan fingerprint density at radius 3 is 1.82 bits per heavy atom. The average molecular weight is 783 g/mol. The Labute approximate surface area is 281 Å². The smallest absolute Gasteiger partial charge is 0.297 e. The summed E-state index contributed by atoms with van der Waals surface area (Å²) in [6, 6.07) is 9.36. The number of hydrogen-bond acceptors (Lipinski definition) is 19. The first kappa shape index (κ1) is 37.9. The molecule has 0 saturated carbocycles. The van der Waals surface area contributed by atoms with Crippen molar-refractivity contribution >= 4 is 73.4 Å². The van der Waals surface area contributed by atoms with Crippen LogP contribution in [0.25, 0.3) is 10.8 Å². The van der Waals surface area contributed by atoms with E-state index in [0.29, 0.717) is 16.9 Å². The van der Waals surface area contributed by atoms with Crippen molar-refractivity contribution in [1.82, 2.24) is 0 Å². The van der Waals surface area contributed by atoms with Gasteiger partial charge in [-0.3, -0.25) is 4.55 Å². The van der Waals surface area contributed by atoms with Crippen LogP contribution in [-0.2, 0) is 63.0 Å². The van der Waals surface area contributed by atoms with Crippen LogP contribution in [0.1, 0.15) is 0 Å². The SMILES string of the molecule is Nc1ccc2c(O)c(N=Nc3cc(O)c(N=Nc4cc(SOOO)ccc4O)cc3O)c(SOOO)cc2c1S(=O)(=O)O.[Cu].[Cu]. The molecule has 0 aliphatic rings. The first-order valence-corrected chi connectivity index (χ1v) is 13.9. The standard InChI is InChI=1S/C22H17N5O13S3.2Cu/c23-12-3-2-10-11(22(12)43(34,35)36)6-19(42-40-38-33)20(21(10)31)27-26-15-8-17(29)14(7-18(15)30)25-24-13-5-9(41-39-37-32)1-4-16(13)28;;/h1-8,28-33H,23H2,(H,34,35,36);;. The van der Waals surface area contributed by atoms with Gasteiger partial charge in [0.05, 0.1) is 34.7 Å². The fraction of sp³-hybridized carbons (Fsp3) is 0. The van der Waals surface area contributed by atoms with E-state index in [4.69, 9.17) is 16.2 Å². The van der Waals surface area contributed by atoms with Crippen LogP contribution >= 0.6 is 24.1 Å². The third-order valence-corrected chi connectivity index (χ3v) is 7.50. The average Bonchev–Trinajstić information content (AvgIpc) is 2.95. The molecule has 0 bridgehead atoms. The van der Waals surface area contributed by atoms with Gasteiger partial charge < -0.3 is 26.2 Å². The summed E-state index contributed by atoms with van der Waals surface area (Å²) in [6.45, 7) is 0. The Balaban J connectivity index is 0.00000353. The maximum Gasteiger partial charge on any atom is 0.297 e. The Morgan fingerprint density at radius 2 is 1.24 bits per heavy atom. The second kappa shape index (κ2) is 16.4. The van der Waals surface area contributed by atoms with Gasteiger partial charge in [0.1, 0.15) is 44.9 Å². The Bertz CT molecular complexity index is 1870. The Kier molecular flexibility index (Phi) is 13.8. The van der Waals surface area contributed by atoms with Crippen molar-refractivity contribution in [2.24, 2.45) is 20.5 Å². The summed E-state index contributed by atoms with van der Waals surface area (Å²) in [5.41, 5.74) is 4.36. The molecule has 23 heteroatoms. The van der Waals surface area contributed by atoms with Gasteiger partial charge in [-0.2, -0.15) is 8.42 Å². The summed E-state index contributed by atoms with van der Waals surface area (Å²) in [5.74, 6) is -2.07. The number of rotatable bonds is 11. The van der Waals surface area contributed by atoms with Crippen molar-refractivity contribution in [1.29, 1.82) is 0 Å². The molecule has 18 nitrogen and oxygen atoms in total. The van der Waals surface area contributed by atoms with Gasteiger partial charge in [-0.1, -0.05) is 10.1 Å². The molecule has 4 aromatic carbocycles. The number of nitrogen functional groups attached to an aromatic ring is 1. The molecule has 0 spiro atoms. The topological polar surface area (TPSA) is 288 Å². The second-order valence-corrected chi connectivity index (χ2v) is 10.8. The minimum Gasteiger partial charge on any atom is -0.506 e. The van der Waals surface area contributed by atoms with Crippen LogP contribution in [0.15, 0.2) is 83.7 Å². The van der Waals surface area contributed by atoms with E-state index < -0.39 is 32.3 Å². The number of phenols is 4. The number of fused-ring (bicyclic) bond motifs is 1. The molecular formula is C22H17Cu2N5O13S3. The zero-order valence-corrected chi connectivity index (χ0v) is 25.7. The normalized spacial score (nSPS) is 11.6. The number of nitrogens with two attached hydrogens (primary N) is 1. The summed E-state index contributed by atoms with van der Waals surface area (Å²) in [6.07, 6.45) is 0. The molecule has 0 atom stereocenters. The monoisotopic (exact) mass is 781 g/mol. The van der Waals surface area contributed by atoms with Crippen LogP contribution in [0.2, 0.25) is 0 Å². The summed E-state index contributed by atoms with van der Waals surface area (Å²) in [5, 5.41) is 80.6. The second-order valence-electron chi connectivity index (χ2n) is 7.96. The van der Waals surface area contributed by atoms with Crippen molar-refractivity contribution in [3.8, 4) is 23.0 Å². The van der Waals surface area contributed by atoms with Crippen LogP contribution in [-0.4, -0.2) is 43.9 Å². The summed E-state index contributed by atoms with van der Waals surface area (Å²) < 4.78 is 42.2. The van der Waals surface area contributed by atoms with E-state index in [1.165, 1.54) is 24.3 Å². The van der Waals surface area contributed by atoms with Gasteiger partial charge in [-0.25, -0.2) is 10.5 Å². The van der Waals surface area contributed by atoms with Gasteiger partial charge in [0, 0.05) is 61.9 Å². The van der Waals surface area contributed by atoms with Crippen molar-refractivity contribution in [3.05, 3.63) is 48.5 Å². The molecule has 2 radical (unpaired) electrons. The molecule has 4 aromatic rings. The predicted molar refractivity (Wildman–Crippen MR) is 147 cm³/mol. The number of aromatic hydroxyl groups is 4. The van der Waals surface area contributed by atoms with E-state index in [-0.39, 0.29) is 96.0 Å². The zero-order valence-electron chi connectivity index (χ0n) is 21.4. The third kappa shape index (κ3) is 8.94. The van der Waals surface area contributed by atoms with E-state index in [1.54, 1.807) is 0 Å². The maximum absolute atomic E-state index is 11.9. The van der Waals surface area contributed by atoms with E-state index in [1.807, 2.05) is 0 Å². The minimum atomic E-state index is -4.86. The number of phenolic OH excluding ortho intramolecular Hbond substituents is 4. The number of hydrogen-bond donors (Lipinski definition) is 8. The molecule has 0 amide bonds. The van der Waals surface area contributed by atoms with E-state index in [9.17, 15) is 33.4 Å².